The van der Waals surface area contributed by atoms with Crippen LogP contribution >= 0.6 is 0 Å². The van der Waals surface area contributed by atoms with E-state index in [1.807, 2.05) is 13.8 Å². The molecule has 0 fully saturated rings. The second-order valence-corrected chi connectivity index (χ2v) is 3.66. The average molecular weight is 208 g/mol. The van der Waals surface area contributed by atoms with Gasteiger partial charge in [0, 0.05) is 0 Å². The van der Waals surface area contributed by atoms with Gasteiger partial charge in [-0.1, -0.05) is 18.9 Å². The summed E-state index contributed by atoms with van der Waals surface area (Å²) in [7, 11) is 0. The van der Waals surface area contributed by atoms with Gasteiger partial charge in [0.25, 0.3) is 0 Å². The summed E-state index contributed by atoms with van der Waals surface area (Å²) in [6.07, 6.45) is 0.799. The Labute approximate surface area is 87.3 Å². The predicted octanol–water partition coefficient (Wildman–Crippen LogP) is 1.71. The van der Waals surface area contributed by atoms with Crippen LogP contribution in [0.1, 0.15) is 26.0 Å². The van der Waals surface area contributed by atoms with E-state index in [2.05, 4.69) is 5.10 Å². The van der Waals surface area contributed by atoms with Crippen molar-refractivity contribution in [3.63, 3.8) is 0 Å². The fourth-order valence-corrected chi connectivity index (χ4v) is 1.15. The minimum atomic E-state index is -0.520. The van der Waals surface area contributed by atoms with Crippen molar-refractivity contribution in [3.05, 3.63) is 21.9 Å². The van der Waals surface area contributed by atoms with Crippen LogP contribution in [0.3, 0.4) is 0 Å². The molecule has 0 aromatic carbocycles. The number of aryl methyl sites for hydroxylation is 1. The Morgan fingerprint density at radius 3 is 2.87 bits per heavy atom. The molecule has 1 heterocycles. The molecule has 0 aliphatic carbocycles. The molecule has 6 heteroatoms. The number of hydrogen-bond donors (Lipinski definition) is 0. The number of rotatable bonds is 4. The van der Waals surface area contributed by atoms with Gasteiger partial charge in [0.15, 0.2) is 5.69 Å². The van der Waals surface area contributed by atoms with Crippen molar-refractivity contribution in [2.24, 2.45) is 5.92 Å². The van der Waals surface area contributed by atoms with Crippen LogP contribution in [0.2, 0.25) is 0 Å². The Hall–Kier alpha value is -1.90. The first kappa shape index (κ1) is 11.2. The summed E-state index contributed by atoms with van der Waals surface area (Å²) in [6, 6.07) is 2.99. The highest BCUT2D eigenvalue weighted by molar-refractivity contribution is 5.30. The van der Waals surface area contributed by atoms with Gasteiger partial charge in [-0.25, -0.2) is 0 Å². The molecule has 0 aliphatic rings. The normalized spacial score (nSPS) is 10.3. The van der Waals surface area contributed by atoms with Crippen LogP contribution in [0, 0.1) is 27.4 Å². The quantitative estimate of drug-likeness (QED) is 0.556. The van der Waals surface area contributed by atoms with E-state index in [0.29, 0.717) is 12.5 Å². The lowest BCUT2D eigenvalue weighted by molar-refractivity contribution is -0.392. The number of nitriles is 1. The predicted molar refractivity (Wildman–Crippen MR) is 53.1 cm³/mol. The smallest absolute Gasteiger partial charge is 0.346 e. The molecular weight excluding hydrogens is 196 g/mol. The van der Waals surface area contributed by atoms with Crippen molar-refractivity contribution in [2.45, 2.75) is 26.8 Å². The minimum Gasteiger partial charge on any atom is -0.358 e. The standard InChI is InChI=1S/C9H12N4O2/c1-7(2)3-4-12-9(13(14)15)5-8(6-10)11-12/h5,7H,3-4H2,1-2H3. The molecular formula is C9H12N4O2. The Kier molecular flexibility index (Phi) is 3.39. The summed E-state index contributed by atoms with van der Waals surface area (Å²) in [4.78, 5) is 10.1. The molecule has 1 aromatic heterocycles. The zero-order chi connectivity index (χ0) is 11.4. The third kappa shape index (κ3) is 2.77. The maximum atomic E-state index is 10.6. The zero-order valence-electron chi connectivity index (χ0n) is 8.67. The molecule has 0 N–H and O–H groups in total. The second-order valence-electron chi connectivity index (χ2n) is 3.66. The summed E-state index contributed by atoms with van der Waals surface area (Å²) in [6.45, 7) is 4.52. The Morgan fingerprint density at radius 2 is 2.40 bits per heavy atom. The van der Waals surface area contributed by atoms with E-state index in [9.17, 15) is 10.1 Å². The molecule has 1 rings (SSSR count). The van der Waals surface area contributed by atoms with Crippen molar-refractivity contribution in [1.29, 1.82) is 5.26 Å². The van der Waals surface area contributed by atoms with Crippen LogP contribution in [-0.4, -0.2) is 14.7 Å². The number of aromatic nitrogens is 2. The van der Waals surface area contributed by atoms with E-state index in [1.165, 1.54) is 10.7 Å². The molecule has 0 bridgehead atoms. The van der Waals surface area contributed by atoms with Gasteiger partial charge in [-0.2, -0.15) is 5.26 Å². The van der Waals surface area contributed by atoms with Crippen molar-refractivity contribution in [2.75, 3.05) is 0 Å². The highest BCUT2D eigenvalue weighted by Gasteiger charge is 2.17. The van der Waals surface area contributed by atoms with Crippen molar-refractivity contribution in [3.8, 4) is 6.07 Å². The summed E-state index contributed by atoms with van der Waals surface area (Å²) in [5.74, 6) is 0.325. The fourth-order valence-electron chi connectivity index (χ4n) is 1.15. The molecule has 0 atom stereocenters. The third-order valence-electron chi connectivity index (χ3n) is 1.98. The number of nitro groups is 1. The Bertz CT molecular complexity index is 403. The maximum absolute atomic E-state index is 10.6. The van der Waals surface area contributed by atoms with E-state index in [4.69, 9.17) is 5.26 Å². The van der Waals surface area contributed by atoms with Crippen LogP contribution in [0.25, 0.3) is 0 Å². The van der Waals surface area contributed by atoms with E-state index in [-0.39, 0.29) is 11.5 Å². The van der Waals surface area contributed by atoms with Crippen LogP contribution in [0.15, 0.2) is 6.07 Å². The van der Waals surface area contributed by atoms with Gasteiger partial charge < -0.3 is 10.1 Å². The van der Waals surface area contributed by atoms with Gasteiger partial charge in [0.1, 0.15) is 12.6 Å². The van der Waals surface area contributed by atoms with Gasteiger partial charge in [-0.3, -0.25) is 0 Å². The van der Waals surface area contributed by atoms with Gasteiger partial charge >= 0.3 is 5.82 Å². The largest absolute Gasteiger partial charge is 0.358 e. The fraction of sp³-hybridized carbons (Fsp3) is 0.556. The Morgan fingerprint density at radius 1 is 1.73 bits per heavy atom. The molecule has 0 spiro atoms. The van der Waals surface area contributed by atoms with Gasteiger partial charge in [-0.05, 0) is 17.3 Å². The minimum absolute atomic E-state index is 0.0884. The number of hydrogen-bond acceptors (Lipinski definition) is 4. The lowest BCUT2D eigenvalue weighted by atomic mass is 10.1. The molecule has 0 saturated heterocycles. The van der Waals surface area contributed by atoms with Crippen LogP contribution in [-0.2, 0) is 6.54 Å². The maximum Gasteiger partial charge on any atom is 0.346 e. The molecule has 0 aliphatic heterocycles. The van der Waals surface area contributed by atoms with E-state index in [0.717, 1.165) is 6.42 Å². The molecule has 0 unspecified atom stereocenters. The molecule has 0 saturated carbocycles. The van der Waals surface area contributed by atoms with Crippen LogP contribution in [0.5, 0.6) is 0 Å². The third-order valence-corrected chi connectivity index (χ3v) is 1.98. The van der Waals surface area contributed by atoms with Crippen LogP contribution < -0.4 is 0 Å². The highest BCUT2D eigenvalue weighted by Crippen LogP contribution is 2.14. The van der Waals surface area contributed by atoms with E-state index >= 15 is 0 Å². The van der Waals surface area contributed by atoms with Crippen molar-refractivity contribution in [1.82, 2.24) is 9.78 Å². The first-order valence-corrected chi connectivity index (χ1v) is 4.67. The van der Waals surface area contributed by atoms with Gasteiger partial charge in [0.2, 0.25) is 0 Å². The molecule has 1 aromatic rings. The van der Waals surface area contributed by atoms with Crippen LogP contribution in [0.4, 0.5) is 5.82 Å². The Balaban J connectivity index is 2.90. The van der Waals surface area contributed by atoms with Gasteiger partial charge in [0.05, 0.1) is 6.07 Å². The second kappa shape index (κ2) is 4.55. The molecule has 0 radical (unpaired) electrons. The average Bonchev–Trinajstić information content (AvgIpc) is 2.57. The first-order valence-electron chi connectivity index (χ1n) is 4.67. The lowest BCUT2D eigenvalue weighted by Crippen LogP contribution is -2.07. The molecule has 0 amide bonds. The zero-order valence-corrected chi connectivity index (χ0v) is 8.67. The summed E-state index contributed by atoms with van der Waals surface area (Å²) in [5.41, 5.74) is 0.0884. The van der Waals surface area contributed by atoms with E-state index < -0.39 is 4.92 Å². The lowest BCUT2D eigenvalue weighted by Gasteiger charge is -2.01. The highest BCUT2D eigenvalue weighted by atomic mass is 16.6. The molecule has 80 valence electrons. The summed E-state index contributed by atoms with van der Waals surface area (Å²) < 4.78 is 1.28. The molecule has 6 nitrogen and oxygen atoms in total. The summed E-state index contributed by atoms with van der Waals surface area (Å²) in [5, 5.41) is 23.1. The van der Waals surface area contributed by atoms with Gasteiger partial charge in [-0.15, -0.1) is 4.68 Å². The topological polar surface area (TPSA) is 84.8 Å². The molecule has 15 heavy (non-hydrogen) atoms. The van der Waals surface area contributed by atoms with E-state index in [1.54, 1.807) is 6.07 Å². The number of nitrogens with zero attached hydrogens (tertiary/aromatic N) is 4. The summed E-state index contributed by atoms with van der Waals surface area (Å²) >= 11 is 0. The SMILES string of the molecule is CC(C)CCn1nc(C#N)cc1[N+](=O)[O-]. The van der Waals surface area contributed by atoms with Crippen molar-refractivity contribution >= 4 is 5.82 Å². The monoisotopic (exact) mass is 208 g/mol. The van der Waals surface area contributed by atoms with Crippen molar-refractivity contribution < 1.29 is 4.92 Å². The first-order chi connectivity index (χ1) is 7.04.